The number of benzene rings is 9. The molecule has 0 atom stereocenters. The van der Waals surface area contributed by atoms with E-state index in [0.29, 0.717) is 5.56 Å². The third kappa shape index (κ3) is 6.03. The SMILES string of the molecule is [2H]c1c([2H])c([2H])c(-c2ccc(N(c3ccc(-c4ccccc4)cc3)c3ccc4cc(-c5ccc(-c6ccc7sc8ccccc8c7c6)cc5)ccc4c3)cc2)c([2H])c1[2H]. The minimum Gasteiger partial charge on any atom is -0.310 e. The highest BCUT2D eigenvalue weighted by Gasteiger charge is 2.15. The van der Waals surface area contributed by atoms with E-state index < -0.39 is 6.04 Å². The van der Waals surface area contributed by atoms with Crippen LogP contribution in [0, 0.1) is 0 Å². The highest BCUT2D eigenvalue weighted by Crippen LogP contribution is 2.40. The van der Waals surface area contributed by atoms with Crippen molar-refractivity contribution in [1.29, 1.82) is 0 Å². The van der Waals surface area contributed by atoms with Crippen molar-refractivity contribution in [3.63, 3.8) is 0 Å². The van der Waals surface area contributed by atoms with Crippen molar-refractivity contribution in [3.05, 3.63) is 212 Å². The number of rotatable bonds is 7. The first-order valence-corrected chi connectivity index (χ1v) is 18.8. The molecule has 0 aliphatic rings. The van der Waals surface area contributed by atoms with E-state index in [2.05, 4.69) is 144 Å². The molecule has 0 fully saturated rings. The standard InChI is InChI=1S/C52H35NS/c1-3-9-36(10-4-1)38-21-27-46(28-22-38)53(47-29-23-39(24-30-47)37-11-5-2-6-12-37)48-31-25-43-33-42(19-20-44(43)34-48)40-15-17-41(18-16-40)45-26-32-52-50(35-45)49-13-7-8-14-51(49)54-52/h1-35H/i1D,3D,4D,9D,10D. The quantitative estimate of drug-likeness (QED) is 0.159. The van der Waals surface area contributed by atoms with E-state index in [0.717, 1.165) is 50.1 Å². The molecule has 0 amide bonds. The van der Waals surface area contributed by atoms with Gasteiger partial charge in [-0.2, -0.15) is 0 Å². The van der Waals surface area contributed by atoms with Gasteiger partial charge in [-0.25, -0.2) is 0 Å². The Morgan fingerprint density at radius 1 is 0.333 bits per heavy atom. The number of hydrogen-bond donors (Lipinski definition) is 0. The predicted octanol–water partition coefficient (Wildman–Crippen LogP) is 15.3. The molecular formula is C52H35NS. The minimum atomic E-state index is -0.399. The van der Waals surface area contributed by atoms with Crippen LogP contribution in [0.3, 0.4) is 0 Å². The number of thiophene rings is 1. The summed E-state index contributed by atoms with van der Waals surface area (Å²) in [5.74, 6) is 0. The molecule has 2 heteroatoms. The van der Waals surface area contributed by atoms with Gasteiger partial charge in [0.2, 0.25) is 0 Å². The first-order valence-electron chi connectivity index (χ1n) is 20.5. The molecule has 9 aromatic carbocycles. The third-order valence-electron chi connectivity index (χ3n) is 10.2. The van der Waals surface area contributed by atoms with Crippen LogP contribution in [0.15, 0.2) is 212 Å². The third-order valence-corrected chi connectivity index (χ3v) is 11.3. The summed E-state index contributed by atoms with van der Waals surface area (Å²) >= 11 is 1.84. The van der Waals surface area contributed by atoms with Crippen molar-refractivity contribution >= 4 is 59.3 Å². The molecule has 1 heterocycles. The molecule has 254 valence electrons. The molecule has 1 nitrogen and oxygen atoms in total. The van der Waals surface area contributed by atoms with Crippen LogP contribution in [0.2, 0.25) is 0 Å². The van der Waals surface area contributed by atoms with Crippen LogP contribution in [0.5, 0.6) is 0 Å². The van der Waals surface area contributed by atoms with Gasteiger partial charge in [0.15, 0.2) is 0 Å². The van der Waals surface area contributed by atoms with Gasteiger partial charge in [0, 0.05) is 37.2 Å². The summed E-state index contributed by atoms with van der Waals surface area (Å²) in [5, 5.41) is 4.83. The average Bonchev–Trinajstić information content (AvgIpc) is 3.67. The summed E-state index contributed by atoms with van der Waals surface area (Å²) in [6.07, 6.45) is 0. The second-order valence-corrected chi connectivity index (χ2v) is 14.5. The van der Waals surface area contributed by atoms with Gasteiger partial charge in [0.05, 0.1) is 6.85 Å². The Balaban J connectivity index is 0.986. The van der Waals surface area contributed by atoms with Crippen LogP contribution >= 0.6 is 11.3 Å². The summed E-state index contributed by atoms with van der Waals surface area (Å²) in [4.78, 5) is 2.18. The summed E-state index contributed by atoms with van der Waals surface area (Å²) < 4.78 is 44.1. The van der Waals surface area contributed by atoms with Gasteiger partial charge in [-0.15, -0.1) is 11.3 Å². The highest BCUT2D eigenvalue weighted by atomic mass is 32.1. The number of fused-ring (bicyclic) bond motifs is 4. The van der Waals surface area contributed by atoms with Gasteiger partial charge in [0.25, 0.3) is 0 Å². The summed E-state index contributed by atoms with van der Waals surface area (Å²) in [5.41, 5.74) is 10.5. The molecule has 1 aromatic heterocycles. The van der Waals surface area contributed by atoms with Crippen LogP contribution in [0.25, 0.3) is 75.5 Å². The maximum atomic E-state index is 8.52. The second-order valence-electron chi connectivity index (χ2n) is 13.4. The monoisotopic (exact) mass is 710 g/mol. The van der Waals surface area contributed by atoms with Crippen molar-refractivity contribution in [2.45, 2.75) is 0 Å². The lowest BCUT2D eigenvalue weighted by atomic mass is 9.97. The Morgan fingerprint density at radius 3 is 1.54 bits per heavy atom. The molecule has 0 aliphatic heterocycles. The van der Waals surface area contributed by atoms with E-state index in [1.54, 1.807) is 0 Å². The van der Waals surface area contributed by atoms with Crippen molar-refractivity contribution in [3.8, 4) is 44.5 Å². The van der Waals surface area contributed by atoms with Gasteiger partial charge >= 0.3 is 0 Å². The van der Waals surface area contributed by atoms with Gasteiger partial charge in [-0.1, -0.05) is 152 Å². The highest BCUT2D eigenvalue weighted by molar-refractivity contribution is 7.25. The topological polar surface area (TPSA) is 3.24 Å². The van der Waals surface area contributed by atoms with E-state index in [1.807, 2.05) is 53.8 Å². The number of nitrogens with zero attached hydrogens (tertiary/aromatic N) is 1. The Kier molecular flexibility index (Phi) is 6.82. The molecule has 0 saturated heterocycles. The van der Waals surface area contributed by atoms with Gasteiger partial charge in [-0.3, -0.25) is 0 Å². The molecule has 0 bridgehead atoms. The van der Waals surface area contributed by atoms with Crippen molar-refractivity contribution in [1.82, 2.24) is 0 Å². The molecule has 0 spiro atoms. The first-order chi connectivity index (χ1) is 28.8. The zero-order valence-corrected chi connectivity index (χ0v) is 30.0. The van der Waals surface area contributed by atoms with Crippen LogP contribution in [-0.4, -0.2) is 0 Å². The fourth-order valence-electron chi connectivity index (χ4n) is 7.36. The summed E-state index contributed by atoms with van der Waals surface area (Å²) in [7, 11) is 0. The van der Waals surface area contributed by atoms with Gasteiger partial charge in [-0.05, 0) is 116 Å². The van der Waals surface area contributed by atoms with E-state index in [-0.39, 0.29) is 29.7 Å². The zero-order chi connectivity index (χ0) is 40.2. The molecule has 0 radical (unpaired) electrons. The lowest BCUT2D eigenvalue weighted by Crippen LogP contribution is -2.09. The van der Waals surface area contributed by atoms with Crippen LogP contribution in [0.4, 0.5) is 17.1 Å². The van der Waals surface area contributed by atoms with E-state index in [1.165, 1.54) is 31.3 Å². The maximum Gasteiger partial charge on any atom is 0.0629 e. The second kappa shape index (κ2) is 13.7. The Morgan fingerprint density at radius 2 is 0.815 bits per heavy atom. The van der Waals surface area contributed by atoms with E-state index in [9.17, 15) is 0 Å². The molecule has 0 N–H and O–H groups in total. The van der Waals surface area contributed by atoms with Crippen LogP contribution < -0.4 is 4.90 Å². The molecular weight excluding hydrogens is 671 g/mol. The Hall–Kier alpha value is -6.74. The fraction of sp³-hybridized carbons (Fsp3) is 0. The van der Waals surface area contributed by atoms with Crippen molar-refractivity contribution in [2.75, 3.05) is 4.90 Å². The lowest BCUT2D eigenvalue weighted by Gasteiger charge is -2.26. The minimum absolute atomic E-state index is 0.186. The van der Waals surface area contributed by atoms with Crippen LogP contribution in [-0.2, 0) is 0 Å². The number of hydrogen-bond acceptors (Lipinski definition) is 2. The van der Waals surface area contributed by atoms with Gasteiger partial charge < -0.3 is 4.90 Å². The fourth-order valence-corrected chi connectivity index (χ4v) is 8.45. The van der Waals surface area contributed by atoms with Crippen molar-refractivity contribution in [2.24, 2.45) is 0 Å². The smallest absolute Gasteiger partial charge is 0.0629 e. The average molecular weight is 711 g/mol. The molecule has 54 heavy (non-hydrogen) atoms. The molecule has 0 saturated carbocycles. The lowest BCUT2D eigenvalue weighted by molar-refractivity contribution is 1.29. The van der Waals surface area contributed by atoms with Crippen LogP contribution in [0.1, 0.15) is 6.85 Å². The number of anilines is 3. The predicted molar refractivity (Wildman–Crippen MR) is 233 cm³/mol. The zero-order valence-electron chi connectivity index (χ0n) is 34.2. The first kappa shape index (κ1) is 26.9. The Bertz CT molecular complexity index is 3170. The van der Waals surface area contributed by atoms with E-state index >= 15 is 0 Å². The van der Waals surface area contributed by atoms with Gasteiger partial charge in [0.1, 0.15) is 0 Å². The molecule has 0 aliphatic carbocycles. The van der Waals surface area contributed by atoms with E-state index in [4.69, 9.17) is 6.85 Å². The Labute approximate surface area is 326 Å². The maximum absolute atomic E-state index is 8.52. The largest absolute Gasteiger partial charge is 0.310 e. The summed E-state index contributed by atoms with van der Waals surface area (Å²) in [6, 6.07) is 62.1. The molecule has 0 unspecified atom stereocenters. The van der Waals surface area contributed by atoms with Crippen molar-refractivity contribution < 1.29 is 6.85 Å². The normalized spacial score (nSPS) is 12.6. The molecule has 10 aromatic rings. The molecule has 10 rings (SSSR count). The summed E-state index contributed by atoms with van der Waals surface area (Å²) in [6.45, 7) is 0.